The van der Waals surface area contributed by atoms with Crippen molar-refractivity contribution in [1.29, 1.82) is 0 Å². The van der Waals surface area contributed by atoms with Gasteiger partial charge in [0.05, 0.1) is 0 Å². The summed E-state index contributed by atoms with van der Waals surface area (Å²) in [7, 11) is 0. The van der Waals surface area contributed by atoms with Gasteiger partial charge in [-0.2, -0.15) is 0 Å². The monoisotopic (exact) mass is 263 g/mol. The van der Waals surface area contributed by atoms with E-state index in [0.717, 1.165) is 30.2 Å². The predicted octanol–water partition coefficient (Wildman–Crippen LogP) is 4.08. The maximum Gasteiger partial charge on any atom is 0.123 e. The predicted molar refractivity (Wildman–Crippen MR) is 78.5 cm³/mol. The Morgan fingerprint density at radius 1 is 1.32 bits per heavy atom. The maximum atomic E-state index is 13.1. The van der Waals surface area contributed by atoms with E-state index in [0.29, 0.717) is 12.0 Å². The highest BCUT2D eigenvalue weighted by Crippen LogP contribution is 2.35. The summed E-state index contributed by atoms with van der Waals surface area (Å²) in [4.78, 5) is 0. The van der Waals surface area contributed by atoms with Crippen molar-refractivity contribution in [2.45, 2.75) is 52.5 Å². The number of aryl methyl sites for hydroxylation is 1. The van der Waals surface area contributed by atoms with E-state index < -0.39 is 0 Å². The molecule has 0 spiro atoms. The maximum absolute atomic E-state index is 13.1. The standard InChI is InChI=1S/C17H26FN/c1-11(2)13-5-7-17(19)15(9-13)10-14-4-6-16(18)8-12(14)3/h4,6,8,11,13,15,17H,5,7,9-10,19H2,1-3H3. The molecule has 0 heterocycles. The van der Waals surface area contributed by atoms with Gasteiger partial charge in [0.2, 0.25) is 0 Å². The van der Waals surface area contributed by atoms with Gasteiger partial charge in [0.1, 0.15) is 5.82 Å². The minimum Gasteiger partial charge on any atom is -0.327 e. The Morgan fingerprint density at radius 3 is 2.68 bits per heavy atom. The van der Waals surface area contributed by atoms with Crippen LogP contribution in [0.15, 0.2) is 18.2 Å². The Bertz CT molecular complexity index is 427. The molecule has 106 valence electrons. The summed E-state index contributed by atoms with van der Waals surface area (Å²) >= 11 is 0. The van der Waals surface area contributed by atoms with E-state index in [1.54, 1.807) is 12.1 Å². The summed E-state index contributed by atoms with van der Waals surface area (Å²) in [6, 6.07) is 5.43. The lowest BCUT2D eigenvalue weighted by Gasteiger charge is -2.36. The van der Waals surface area contributed by atoms with Crippen molar-refractivity contribution in [3.8, 4) is 0 Å². The highest BCUT2D eigenvalue weighted by Gasteiger charge is 2.29. The zero-order chi connectivity index (χ0) is 14.0. The minimum atomic E-state index is -0.144. The van der Waals surface area contributed by atoms with E-state index in [1.807, 2.05) is 13.0 Å². The lowest BCUT2D eigenvalue weighted by Crippen LogP contribution is -2.38. The molecule has 1 aromatic rings. The molecule has 1 saturated carbocycles. The van der Waals surface area contributed by atoms with Gasteiger partial charge in [-0.15, -0.1) is 0 Å². The van der Waals surface area contributed by atoms with Gasteiger partial charge in [-0.1, -0.05) is 19.9 Å². The summed E-state index contributed by atoms with van der Waals surface area (Å²) in [6.07, 6.45) is 4.61. The van der Waals surface area contributed by atoms with Gasteiger partial charge in [0.15, 0.2) is 0 Å². The smallest absolute Gasteiger partial charge is 0.123 e. The number of hydrogen-bond donors (Lipinski definition) is 1. The first-order valence-corrected chi connectivity index (χ1v) is 7.48. The summed E-state index contributed by atoms with van der Waals surface area (Å²) in [5.74, 6) is 1.94. The molecule has 0 amide bonds. The fourth-order valence-electron chi connectivity index (χ4n) is 3.33. The molecule has 1 fully saturated rings. The van der Waals surface area contributed by atoms with Crippen molar-refractivity contribution >= 4 is 0 Å². The molecule has 0 aromatic heterocycles. The van der Waals surface area contributed by atoms with Crippen molar-refractivity contribution in [2.75, 3.05) is 0 Å². The lowest BCUT2D eigenvalue weighted by molar-refractivity contribution is 0.189. The third kappa shape index (κ3) is 3.56. The second kappa shape index (κ2) is 6.04. The second-order valence-electron chi connectivity index (χ2n) is 6.52. The van der Waals surface area contributed by atoms with Gasteiger partial charge >= 0.3 is 0 Å². The molecule has 0 aliphatic heterocycles. The topological polar surface area (TPSA) is 26.0 Å². The van der Waals surface area contributed by atoms with Crippen LogP contribution < -0.4 is 5.73 Å². The molecule has 3 unspecified atom stereocenters. The fourth-order valence-corrected chi connectivity index (χ4v) is 3.33. The second-order valence-corrected chi connectivity index (χ2v) is 6.52. The zero-order valence-electron chi connectivity index (χ0n) is 12.3. The molecule has 3 atom stereocenters. The Morgan fingerprint density at radius 2 is 2.05 bits per heavy atom. The van der Waals surface area contributed by atoms with Crippen molar-refractivity contribution in [3.63, 3.8) is 0 Å². The van der Waals surface area contributed by atoms with E-state index in [4.69, 9.17) is 5.73 Å². The third-order valence-corrected chi connectivity index (χ3v) is 4.81. The fraction of sp³-hybridized carbons (Fsp3) is 0.647. The molecule has 1 aliphatic carbocycles. The Kier molecular flexibility index (Phi) is 4.62. The number of hydrogen-bond acceptors (Lipinski definition) is 1. The zero-order valence-corrected chi connectivity index (χ0v) is 12.3. The van der Waals surface area contributed by atoms with Crippen LogP contribution in [-0.2, 0) is 6.42 Å². The summed E-state index contributed by atoms with van der Waals surface area (Å²) in [5.41, 5.74) is 8.61. The molecule has 1 aliphatic rings. The molecular weight excluding hydrogens is 237 g/mol. The Hall–Kier alpha value is -0.890. The molecule has 2 rings (SSSR count). The van der Waals surface area contributed by atoms with Crippen LogP contribution in [0.3, 0.4) is 0 Å². The van der Waals surface area contributed by atoms with Crippen LogP contribution in [-0.4, -0.2) is 6.04 Å². The van der Waals surface area contributed by atoms with Gasteiger partial charge in [-0.3, -0.25) is 0 Å². The first-order chi connectivity index (χ1) is 8.97. The van der Waals surface area contributed by atoms with Gasteiger partial charge < -0.3 is 5.73 Å². The van der Waals surface area contributed by atoms with E-state index in [9.17, 15) is 4.39 Å². The Labute approximate surface area is 116 Å². The number of rotatable bonds is 3. The highest BCUT2D eigenvalue weighted by atomic mass is 19.1. The van der Waals surface area contributed by atoms with Crippen molar-refractivity contribution in [1.82, 2.24) is 0 Å². The van der Waals surface area contributed by atoms with Crippen LogP contribution in [0.25, 0.3) is 0 Å². The number of nitrogens with two attached hydrogens (primary N) is 1. The van der Waals surface area contributed by atoms with Crippen LogP contribution >= 0.6 is 0 Å². The quantitative estimate of drug-likeness (QED) is 0.874. The van der Waals surface area contributed by atoms with Gasteiger partial charge in [-0.05, 0) is 73.6 Å². The molecule has 0 radical (unpaired) electrons. The molecule has 0 bridgehead atoms. The average molecular weight is 263 g/mol. The molecular formula is C17H26FN. The van der Waals surface area contributed by atoms with Gasteiger partial charge in [-0.25, -0.2) is 4.39 Å². The normalized spacial score (nSPS) is 27.8. The van der Waals surface area contributed by atoms with Crippen molar-refractivity contribution < 1.29 is 4.39 Å². The van der Waals surface area contributed by atoms with Crippen LogP contribution in [0.1, 0.15) is 44.2 Å². The van der Waals surface area contributed by atoms with Crippen LogP contribution in [0, 0.1) is 30.5 Å². The van der Waals surface area contributed by atoms with Crippen LogP contribution in [0.4, 0.5) is 4.39 Å². The SMILES string of the molecule is Cc1cc(F)ccc1CC1CC(C(C)C)CCC1N. The molecule has 1 aromatic carbocycles. The summed E-state index contributed by atoms with van der Waals surface area (Å²) in [6.45, 7) is 6.61. The largest absolute Gasteiger partial charge is 0.327 e. The molecule has 2 N–H and O–H groups in total. The number of benzene rings is 1. The molecule has 0 saturated heterocycles. The van der Waals surface area contributed by atoms with E-state index in [1.165, 1.54) is 18.4 Å². The minimum absolute atomic E-state index is 0.144. The summed E-state index contributed by atoms with van der Waals surface area (Å²) in [5, 5.41) is 0. The van der Waals surface area contributed by atoms with Gasteiger partial charge in [0.25, 0.3) is 0 Å². The van der Waals surface area contributed by atoms with Crippen molar-refractivity contribution in [2.24, 2.45) is 23.5 Å². The third-order valence-electron chi connectivity index (χ3n) is 4.81. The first-order valence-electron chi connectivity index (χ1n) is 7.48. The first kappa shape index (κ1) is 14.5. The van der Waals surface area contributed by atoms with E-state index >= 15 is 0 Å². The summed E-state index contributed by atoms with van der Waals surface area (Å²) < 4.78 is 13.1. The number of halogens is 1. The molecule has 19 heavy (non-hydrogen) atoms. The molecule has 1 nitrogen and oxygen atoms in total. The van der Waals surface area contributed by atoms with E-state index in [2.05, 4.69) is 13.8 Å². The van der Waals surface area contributed by atoms with Crippen LogP contribution in [0.2, 0.25) is 0 Å². The highest BCUT2D eigenvalue weighted by molar-refractivity contribution is 5.27. The lowest BCUT2D eigenvalue weighted by atomic mass is 9.72. The Balaban J connectivity index is 2.07. The van der Waals surface area contributed by atoms with Gasteiger partial charge in [0, 0.05) is 6.04 Å². The van der Waals surface area contributed by atoms with Crippen molar-refractivity contribution in [3.05, 3.63) is 35.1 Å². The van der Waals surface area contributed by atoms with E-state index in [-0.39, 0.29) is 5.82 Å². The van der Waals surface area contributed by atoms with Crippen LogP contribution in [0.5, 0.6) is 0 Å². The molecule has 2 heteroatoms. The average Bonchev–Trinajstić information content (AvgIpc) is 2.34.